The zero-order valence-corrected chi connectivity index (χ0v) is 14.3. The lowest BCUT2D eigenvalue weighted by atomic mass is 9.43. The summed E-state index contributed by atoms with van der Waals surface area (Å²) in [5.74, 6) is 1.39. The first-order valence-corrected chi connectivity index (χ1v) is 9.18. The summed E-state index contributed by atoms with van der Waals surface area (Å²) in [5.41, 5.74) is 0.328. The lowest BCUT2D eigenvalue weighted by Gasteiger charge is -2.58. The van der Waals surface area contributed by atoms with E-state index >= 15 is 0 Å². The topological polar surface area (TPSA) is 38.8 Å². The van der Waals surface area contributed by atoms with Gasteiger partial charge < -0.3 is 9.47 Å². The molecule has 5 unspecified atom stereocenters. The lowest BCUT2D eigenvalue weighted by molar-refractivity contribution is -0.164. The van der Waals surface area contributed by atoms with Crippen LogP contribution in [-0.4, -0.2) is 30.7 Å². The Balaban J connectivity index is 1.58. The second-order valence-corrected chi connectivity index (χ2v) is 9.17. The maximum atomic E-state index is 12.4. The third-order valence-corrected chi connectivity index (χ3v) is 7.06. The molecule has 3 heteroatoms. The fourth-order valence-corrected chi connectivity index (χ4v) is 6.17. The molecule has 3 nitrogen and oxygen atoms in total. The largest absolute Gasteiger partial charge is 0.381 e. The molecule has 2 saturated heterocycles. The van der Waals surface area contributed by atoms with Crippen molar-refractivity contribution in [1.82, 2.24) is 0 Å². The summed E-state index contributed by atoms with van der Waals surface area (Å²) in [6, 6.07) is 0. The molecule has 2 saturated carbocycles. The van der Waals surface area contributed by atoms with E-state index in [1.54, 1.807) is 0 Å². The first-order valence-electron chi connectivity index (χ1n) is 9.18. The highest BCUT2D eigenvalue weighted by molar-refractivity contribution is 5.90. The van der Waals surface area contributed by atoms with E-state index in [4.69, 9.17) is 9.47 Å². The van der Waals surface area contributed by atoms with E-state index in [-0.39, 0.29) is 22.3 Å². The van der Waals surface area contributed by atoms with Gasteiger partial charge in [-0.1, -0.05) is 27.2 Å². The number of rotatable bonds is 1. The SMILES string of the molecule is CC1CCOCCC2(C1)OC2C12CCCC(C)(C)C1C(=O)C2. The quantitative estimate of drug-likeness (QED) is 0.693. The van der Waals surface area contributed by atoms with E-state index in [9.17, 15) is 4.79 Å². The predicted molar refractivity (Wildman–Crippen MR) is 84.6 cm³/mol. The number of carbonyl (C=O) groups excluding carboxylic acids is 1. The monoisotopic (exact) mass is 306 g/mol. The third-order valence-electron chi connectivity index (χ3n) is 7.06. The zero-order chi connectivity index (χ0) is 15.6. The number of Topliss-reactive ketones (excluding diaryl/α,β-unsaturated/α-hetero) is 1. The molecule has 22 heavy (non-hydrogen) atoms. The molecule has 0 aromatic rings. The van der Waals surface area contributed by atoms with Gasteiger partial charge in [0.1, 0.15) is 5.78 Å². The van der Waals surface area contributed by atoms with Crippen molar-refractivity contribution in [2.24, 2.45) is 22.7 Å². The van der Waals surface area contributed by atoms with E-state index in [1.165, 1.54) is 19.3 Å². The Morgan fingerprint density at radius 3 is 2.73 bits per heavy atom. The van der Waals surface area contributed by atoms with E-state index in [2.05, 4.69) is 20.8 Å². The molecular weight excluding hydrogens is 276 g/mol. The van der Waals surface area contributed by atoms with Crippen molar-refractivity contribution in [2.45, 2.75) is 77.4 Å². The molecule has 2 aliphatic heterocycles. The molecule has 0 aromatic heterocycles. The summed E-state index contributed by atoms with van der Waals surface area (Å²) >= 11 is 0. The van der Waals surface area contributed by atoms with Crippen LogP contribution in [0.4, 0.5) is 0 Å². The van der Waals surface area contributed by atoms with Crippen LogP contribution in [0, 0.1) is 22.7 Å². The number of epoxide rings is 1. The van der Waals surface area contributed by atoms with Crippen LogP contribution < -0.4 is 0 Å². The summed E-state index contributed by atoms with van der Waals surface area (Å²) in [6.07, 6.45) is 8.01. The maximum absolute atomic E-state index is 12.4. The van der Waals surface area contributed by atoms with Gasteiger partial charge in [0.2, 0.25) is 0 Å². The summed E-state index contributed by atoms with van der Waals surface area (Å²) in [5, 5.41) is 0. The average Bonchev–Trinajstić information content (AvgIpc) is 3.08. The Morgan fingerprint density at radius 1 is 1.14 bits per heavy atom. The fourth-order valence-electron chi connectivity index (χ4n) is 6.17. The second kappa shape index (κ2) is 4.80. The number of hydrogen-bond acceptors (Lipinski definition) is 3. The predicted octanol–water partition coefficient (Wildman–Crippen LogP) is 3.75. The molecule has 0 radical (unpaired) electrons. The molecule has 5 atom stereocenters. The standard InChI is InChI=1S/C19H30O3/c1-13-5-9-21-10-8-19(11-13)16(22-19)18-7-4-6-17(2,3)15(18)14(20)12-18/h13,15-16H,4-12H2,1-3H3. The van der Waals surface area contributed by atoms with Crippen molar-refractivity contribution in [2.75, 3.05) is 13.2 Å². The van der Waals surface area contributed by atoms with Gasteiger partial charge in [0.05, 0.1) is 11.7 Å². The molecule has 2 heterocycles. The normalized spacial score (nSPS) is 50.7. The smallest absolute Gasteiger partial charge is 0.137 e. The molecule has 4 aliphatic rings. The minimum absolute atomic E-state index is 0.0200. The number of hydrogen-bond donors (Lipinski definition) is 0. The highest BCUT2D eigenvalue weighted by Gasteiger charge is 2.74. The molecular formula is C19H30O3. The Kier molecular flexibility index (Phi) is 3.30. The van der Waals surface area contributed by atoms with Crippen LogP contribution in [0.1, 0.15) is 65.7 Å². The Labute approximate surface area is 134 Å². The number of carbonyl (C=O) groups is 1. The van der Waals surface area contributed by atoms with Crippen molar-refractivity contribution < 1.29 is 14.3 Å². The van der Waals surface area contributed by atoms with Crippen LogP contribution in [0.25, 0.3) is 0 Å². The second-order valence-electron chi connectivity index (χ2n) is 9.17. The number of ether oxygens (including phenoxy) is 2. The summed E-state index contributed by atoms with van der Waals surface area (Å²) < 4.78 is 12.2. The van der Waals surface area contributed by atoms with Gasteiger partial charge in [-0.3, -0.25) is 4.79 Å². The molecule has 0 bridgehead atoms. The highest BCUT2D eigenvalue weighted by atomic mass is 16.6. The third kappa shape index (κ3) is 2.04. The molecule has 2 aliphatic carbocycles. The molecule has 4 rings (SSSR count). The fraction of sp³-hybridized carbons (Fsp3) is 0.947. The van der Waals surface area contributed by atoms with Gasteiger partial charge in [-0.25, -0.2) is 0 Å². The molecule has 0 amide bonds. The van der Waals surface area contributed by atoms with Crippen molar-refractivity contribution in [3.63, 3.8) is 0 Å². The van der Waals surface area contributed by atoms with E-state index in [0.717, 1.165) is 38.9 Å². The van der Waals surface area contributed by atoms with E-state index in [0.29, 0.717) is 17.8 Å². The Bertz CT molecular complexity index is 485. The van der Waals surface area contributed by atoms with Crippen molar-refractivity contribution in [3.8, 4) is 0 Å². The Morgan fingerprint density at radius 2 is 1.95 bits per heavy atom. The molecule has 0 aromatic carbocycles. The van der Waals surface area contributed by atoms with Crippen LogP contribution in [-0.2, 0) is 14.3 Å². The number of ketones is 1. The van der Waals surface area contributed by atoms with Crippen LogP contribution in [0.5, 0.6) is 0 Å². The first-order chi connectivity index (χ1) is 10.4. The van der Waals surface area contributed by atoms with Gasteiger partial charge in [-0.2, -0.15) is 0 Å². The van der Waals surface area contributed by atoms with Gasteiger partial charge in [0, 0.05) is 37.4 Å². The maximum Gasteiger partial charge on any atom is 0.137 e. The molecule has 0 N–H and O–H groups in total. The number of fused-ring (bicyclic) bond motifs is 1. The van der Waals surface area contributed by atoms with Gasteiger partial charge >= 0.3 is 0 Å². The zero-order valence-electron chi connectivity index (χ0n) is 14.3. The van der Waals surface area contributed by atoms with Crippen molar-refractivity contribution in [3.05, 3.63) is 0 Å². The molecule has 124 valence electrons. The minimum Gasteiger partial charge on any atom is -0.381 e. The first kappa shape index (κ1) is 15.1. The van der Waals surface area contributed by atoms with Crippen molar-refractivity contribution in [1.29, 1.82) is 0 Å². The van der Waals surface area contributed by atoms with Gasteiger partial charge in [0.25, 0.3) is 0 Å². The summed E-state index contributed by atoms with van der Waals surface area (Å²) in [6.45, 7) is 8.62. The van der Waals surface area contributed by atoms with Gasteiger partial charge in [-0.05, 0) is 37.0 Å². The van der Waals surface area contributed by atoms with Crippen LogP contribution in [0.2, 0.25) is 0 Å². The Hall–Kier alpha value is -0.410. The minimum atomic E-state index is 0.0200. The van der Waals surface area contributed by atoms with E-state index < -0.39 is 0 Å². The lowest BCUT2D eigenvalue weighted by Crippen LogP contribution is -2.61. The van der Waals surface area contributed by atoms with Crippen molar-refractivity contribution >= 4 is 5.78 Å². The van der Waals surface area contributed by atoms with E-state index in [1.807, 2.05) is 0 Å². The summed E-state index contributed by atoms with van der Waals surface area (Å²) in [4.78, 5) is 12.4. The van der Waals surface area contributed by atoms with Crippen LogP contribution >= 0.6 is 0 Å². The average molecular weight is 306 g/mol. The van der Waals surface area contributed by atoms with Crippen LogP contribution in [0.15, 0.2) is 0 Å². The van der Waals surface area contributed by atoms with Gasteiger partial charge in [-0.15, -0.1) is 0 Å². The highest BCUT2D eigenvalue weighted by Crippen LogP contribution is 2.69. The summed E-state index contributed by atoms with van der Waals surface area (Å²) in [7, 11) is 0. The molecule has 1 spiro atoms. The van der Waals surface area contributed by atoms with Crippen LogP contribution in [0.3, 0.4) is 0 Å². The van der Waals surface area contributed by atoms with Gasteiger partial charge in [0.15, 0.2) is 0 Å². The molecule has 4 fully saturated rings.